The Labute approximate surface area is 166 Å². The van der Waals surface area contributed by atoms with E-state index in [4.69, 9.17) is 14.3 Å². The zero-order valence-electron chi connectivity index (χ0n) is 15.5. The molecule has 2 aromatic carbocycles. The van der Waals surface area contributed by atoms with E-state index in [2.05, 4.69) is 9.71 Å². The number of aromatic nitrogens is 1. The van der Waals surface area contributed by atoms with E-state index in [9.17, 15) is 13.2 Å². The standard InChI is InChI=1S/C20H18N2O6S/c1-27-17-7-2-12(3-9-19(23)24)10-18(17)29(25,26)22-14-6-8-16-15(11-14)21-20(28-16)13-4-5-13/h2-3,6-11,13,22H,4-5H2,1H3,(H,23,24)/b9-3+. The molecule has 0 aliphatic heterocycles. The lowest BCUT2D eigenvalue weighted by molar-refractivity contribution is -0.131. The number of aliphatic carboxylic acids is 1. The summed E-state index contributed by atoms with van der Waals surface area (Å²) in [5.74, 6) is 0.0475. The molecule has 0 bridgehead atoms. The van der Waals surface area contributed by atoms with Gasteiger partial charge in [-0.1, -0.05) is 6.07 Å². The van der Waals surface area contributed by atoms with E-state index in [0.717, 1.165) is 18.9 Å². The number of oxazole rings is 1. The Balaban J connectivity index is 1.66. The molecular formula is C20H18N2O6S. The molecule has 1 aliphatic carbocycles. The molecule has 3 aromatic rings. The zero-order valence-corrected chi connectivity index (χ0v) is 16.3. The highest BCUT2D eigenvalue weighted by atomic mass is 32.2. The predicted molar refractivity (Wildman–Crippen MR) is 106 cm³/mol. The molecule has 1 aromatic heterocycles. The molecule has 29 heavy (non-hydrogen) atoms. The number of anilines is 1. The average Bonchev–Trinajstić information content (AvgIpc) is 3.45. The van der Waals surface area contributed by atoms with Gasteiger partial charge in [-0.3, -0.25) is 4.72 Å². The fourth-order valence-electron chi connectivity index (χ4n) is 2.90. The van der Waals surface area contributed by atoms with Gasteiger partial charge in [0.2, 0.25) is 0 Å². The molecule has 1 fully saturated rings. The van der Waals surface area contributed by atoms with Crippen LogP contribution in [0.25, 0.3) is 17.2 Å². The van der Waals surface area contributed by atoms with Crippen molar-refractivity contribution < 1.29 is 27.5 Å². The Morgan fingerprint density at radius 2 is 2.07 bits per heavy atom. The maximum absolute atomic E-state index is 13.0. The van der Waals surface area contributed by atoms with Crippen LogP contribution in [0.1, 0.15) is 30.2 Å². The molecule has 0 atom stereocenters. The summed E-state index contributed by atoms with van der Waals surface area (Å²) in [4.78, 5) is 15.0. The van der Waals surface area contributed by atoms with Crippen molar-refractivity contribution in [3.8, 4) is 5.75 Å². The van der Waals surface area contributed by atoms with Crippen molar-refractivity contribution >= 4 is 38.9 Å². The summed E-state index contributed by atoms with van der Waals surface area (Å²) in [6.07, 6.45) is 4.35. The molecule has 0 saturated heterocycles. The molecule has 150 valence electrons. The van der Waals surface area contributed by atoms with Crippen molar-refractivity contribution in [2.75, 3.05) is 11.8 Å². The number of rotatable bonds is 7. The number of nitrogens with one attached hydrogen (secondary N) is 1. The molecule has 8 nitrogen and oxygen atoms in total. The normalized spacial score (nSPS) is 14.4. The van der Waals surface area contributed by atoms with Crippen molar-refractivity contribution in [3.05, 3.63) is 53.9 Å². The number of carboxylic acid groups (broad SMARTS) is 1. The van der Waals surface area contributed by atoms with Crippen molar-refractivity contribution in [1.29, 1.82) is 0 Å². The molecule has 2 N–H and O–H groups in total. The molecule has 1 aliphatic rings. The van der Waals surface area contributed by atoms with E-state index in [0.29, 0.717) is 34.2 Å². The number of nitrogens with zero attached hydrogens (tertiary/aromatic N) is 1. The molecule has 4 rings (SSSR count). The number of benzene rings is 2. The number of sulfonamides is 1. The Kier molecular flexibility index (Phi) is 4.75. The lowest BCUT2D eigenvalue weighted by Gasteiger charge is -2.12. The van der Waals surface area contributed by atoms with Crippen LogP contribution in [0.2, 0.25) is 0 Å². The summed E-state index contributed by atoms with van der Waals surface area (Å²) in [6, 6.07) is 9.28. The van der Waals surface area contributed by atoms with Crippen LogP contribution in [0, 0.1) is 0 Å². The lowest BCUT2D eigenvalue weighted by Crippen LogP contribution is -2.14. The van der Waals surface area contributed by atoms with Gasteiger partial charge in [-0.05, 0) is 54.8 Å². The van der Waals surface area contributed by atoms with Crippen molar-refractivity contribution in [2.45, 2.75) is 23.7 Å². The monoisotopic (exact) mass is 414 g/mol. The third-order valence-electron chi connectivity index (χ3n) is 4.48. The summed E-state index contributed by atoms with van der Waals surface area (Å²) >= 11 is 0. The van der Waals surface area contributed by atoms with Crippen molar-refractivity contribution in [2.24, 2.45) is 0 Å². The second-order valence-electron chi connectivity index (χ2n) is 6.70. The first-order chi connectivity index (χ1) is 13.9. The number of hydrogen-bond acceptors (Lipinski definition) is 6. The lowest BCUT2D eigenvalue weighted by atomic mass is 10.2. The first-order valence-corrected chi connectivity index (χ1v) is 10.4. The van der Waals surface area contributed by atoms with Gasteiger partial charge in [-0.25, -0.2) is 18.2 Å². The van der Waals surface area contributed by atoms with Crippen LogP contribution in [0.4, 0.5) is 5.69 Å². The molecule has 0 amide bonds. The molecule has 0 unspecified atom stereocenters. The Morgan fingerprint density at radius 3 is 2.76 bits per heavy atom. The molecule has 0 spiro atoms. The smallest absolute Gasteiger partial charge is 0.328 e. The van der Waals surface area contributed by atoms with Gasteiger partial charge in [-0.15, -0.1) is 0 Å². The second kappa shape index (κ2) is 7.25. The third-order valence-corrected chi connectivity index (χ3v) is 5.88. The topological polar surface area (TPSA) is 119 Å². The maximum atomic E-state index is 13.0. The van der Waals surface area contributed by atoms with Gasteiger partial charge in [0.15, 0.2) is 11.5 Å². The van der Waals surface area contributed by atoms with Gasteiger partial charge in [0.05, 0.1) is 12.8 Å². The predicted octanol–water partition coefficient (Wildman–Crippen LogP) is 3.61. The first-order valence-electron chi connectivity index (χ1n) is 8.88. The van der Waals surface area contributed by atoms with Crippen LogP contribution >= 0.6 is 0 Å². The number of hydrogen-bond donors (Lipinski definition) is 2. The maximum Gasteiger partial charge on any atom is 0.328 e. The fraction of sp³-hybridized carbons (Fsp3) is 0.200. The Morgan fingerprint density at radius 1 is 1.28 bits per heavy atom. The van der Waals surface area contributed by atoms with Crippen molar-refractivity contribution in [1.82, 2.24) is 4.98 Å². The summed E-state index contributed by atoms with van der Waals surface area (Å²) in [5.41, 5.74) is 1.93. The SMILES string of the molecule is COc1ccc(/C=C/C(=O)O)cc1S(=O)(=O)Nc1ccc2oc(C3CC3)nc2c1. The fourth-order valence-corrected chi connectivity index (χ4v) is 4.15. The van der Waals surface area contributed by atoms with Gasteiger partial charge < -0.3 is 14.3 Å². The van der Waals surface area contributed by atoms with E-state index in [-0.39, 0.29) is 10.6 Å². The van der Waals surface area contributed by atoms with Gasteiger partial charge in [0.25, 0.3) is 10.0 Å². The largest absolute Gasteiger partial charge is 0.495 e. The number of fused-ring (bicyclic) bond motifs is 1. The van der Waals surface area contributed by atoms with E-state index in [1.54, 1.807) is 24.3 Å². The quantitative estimate of drug-likeness (QED) is 0.567. The number of carbonyl (C=O) groups is 1. The summed E-state index contributed by atoms with van der Waals surface area (Å²) < 4.78 is 39.3. The number of carboxylic acids is 1. The van der Waals surface area contributed by atoms with Crippen LogP contribution in [-0.4, -0.2) is 31.6 Å². The van der Waals surface area contributed by atoms with E-state index in [1.165, 1.54) is 25.3 Å². The molecular weight excluding hydrogens is 396 g/mol. The molecule has 9 heteroatoms. The van der Waals surface area contributed by atoms with Crippen LogP contribution in [0.15, 0.2) is 51.8 Å². The highest BCUT2D eigenvalue weighted by Crippen LogP contribution is 2.40. The Hall–Kier alpha value is -3.33. The minimum atomic E-state index is -4.00. The van der Waals surface area contributed by atoms with E-state index in [1.807, 2.05) is 0 Å². The third kappa shape index (κ3) is 4.09. The molecule has 1 saturated carbocycles. The van der Waals surface area contributed by atoms with E-state index < -0.39 is 16.0 Å². The number of methoxy groups -OCH3 is 1. The summed E-state index contributed by atoms with van der Waals surface area (Å²) in [6.45, 7) is 0. The minimum absolute atomic E-state index is 0.105. The van der Waals surface area contributed by atoms with Crippen LogP contribution < -0.4 is 9.46 Å². The summed E-state index contributed by atoms with van der Waals surface area (Å²) in [7, 11) is -2.63. The molecule has 1 heterocycles. The van der Waals surface area contributed by atoms with Crippen LogP contribution in [0.3, 0.4) is 0 Å². The van der Waals surface area contributed by atoms with Crippen LogP contribution in [0.5, 0.6) is 5.75 Å². The van der Waals surface area contributed by atoms with Gasteiger partial charge in [-0.2, -0.15) is 0 Å². The van der Waals surface area contributed by atoms with Gasteiger partial charge in [0.1, 0.15) is 16.2 Å². The summed E-state index contributed by atoms with van der Waals surface area (Å²) in [5, 5.41) is 8.77. The van der Waals surface area contributed by atoms with Crippen molar-refractivity contribution in [3.63, 3.8) is 0 Å². The van der Waals surface area contributed by atoms with E-state index >= 15 is 0 Å². The van der Waals surface area contributed by atoms with Crippen LogP contribution in [-0.2, 0) is 14.8 Å². The number of ether oxygens (including phenoxy) is 1. The Bertz CT molecular complexity index is 1220. The first kappa shape index (κ1) is 19.0. The zero-order chi connectivity index (χ0) is 20.6. The van der Waals surface area contributed by atoms with Gasteiger partial charge >= 0.3 is 5.97 Å². The molecule has 0 radical (unpaired) electrons. The highest BCUT2D eigenvalue weighted by molar-refractivity contribution is 7.92. The second-order valence-corrected chi connectivity index (χ2v) is 8.35. The highest BCUT2D eigenvalue weighted by Gasteiger charge is 2.29. The van der Waals surface area contributed by atoms with Gasteiger partial charge in [0, 0.05) is 12.0 Å². The minimum Gasteiger partial charge on any atom is -0.495 e. The average molecular weight is 414 g/mol.